The summed E-state index contributed by atoms with van der Waals surface area (Å²) in [5.74, 6) is 0.301. The molecular formula is C16H14BrN3O2. The minimum Gasteiger partial charge on any atom is -0.496 e. The van der Waals surface area contributed by atoms with Crippen molar-refractivity contribution in [1.29, 1.82) is 0 Å². The Labute approximate surface area is 136 Å². The Bertz CT molecular complexity index is 858. The van der Waals surface area contributed by atoms with Crippen LogP contribution < -0.4 is 10.1 Å². The summed E-state index contributed by atoms with van der Waals surface area (Å²) in [6, 6.07) is 10.8. The van der Waals surface area contributed by atoms with Gasteiger partial charge in [-0.05, 0) is 47.1 Å². The third kappa shape index (κ3) is 2.46. The lowest BCUT2D eigenvalue weighted by molar-refractivity contribution is 0.102. The number of methoxy groups -OCH3 is 1. The number of nitrogens with zero attached hydrogens (tertiary/aromatic N) is 2. The van der Waals surface area contributed by atoms with Crippen molar-refractivity contribution in [3.8, 4) is 5.75 Å². The Morgan fingerprint density at radius 2 is 2.05 bits per heavy atom. The van der Waals surface area contributed by atoms with E-state index in [9.17, 15) is 4.79 Å². The summed E-state index contributed by atoms with van der Waals surface area (Å²) in [4.78, 5) is 17.0. The molecule has 0 bridgehead atoms. The molecule has 1 N–H and O–H groups in total. The van der Waals surface area contributed by atoms with E-state index in [4.69, 9.17) is 4.74 Å². The molecule has 2 aromatic heterocycles. The second-order valence-corrected chi connectivity index (χ2v) is 5.51. The van der Waals surface area contributed by atoms with E-state index in [-0.39, 0.29) is 5.91 Å². The highest BCUT2D eigenvalue weighted by atomic mass is 79.9. The summed E-state index contributed by atoms with van der Waals surface area (Å²) in [5, 5.41) is 2.89. The van der Waals surface area contributed by atoms with Crippen LogP contribution >= 0.6 is 15.9 Å². The van der Waals surface area contributed by atoms with E-state index in [1.165, 1.54) is 0 Å². The van der Waals surface area contributed by atoms with Crippen LogP contribution in [0.25, 0.3) is 5.65 Å². The summed E-state index contributed by atoms with van der Waals surface area (Å²) >= 11 is 3.49. The number of carbonyl (C=O) groups is 1. The zero-order valence-electron chi connectivity index (χ0n) is 12.1. The van der Waals surface area contributed by atoms with Crippen LogP contribution in [-0.4, -0.2) is 22.4 Å². The number of fused-ring (bicyclic) bond motifs is 1. The number of benzene rings is 1. The molecule has 22 heavy (non-hydrogen) atoms. The molecule has 0 saturated carbocycles. The lowest BCUT2D eigenvalue weighted by atomic mass is 10.2. The van der Waals surface area contributed by atoms with Gasteiger partial charge in [0.15, 0.2) is 5.65 Å². The third-order valence-corrected chi connectivity index (χ3v) is 4.31. The summed E-state index contributed by atoms with van der Waals surface area (Å²) < 4.78 is 7.98. The number of aryl methyl sites for hydroxylation is 1. The molecule has 3 aromatic rings. The predicted octanol–water partition coefficient (Wildman–Crippen LogP) is 3.67. The molecule has 0 spiro atoms. The first kappa shape index (κ1) is 14.6. The van der Waals surface area contributed by atoms with Crippen LogP contribution in [0.5, 0.6) is 5.75 Å². The third-order valence-electron chi connectivity index (χ3n) is 3.35. The molecule has 2 heterocycles. The predicted molar refractivity (Wildman–Crippen MR) is 88.6 cm³/mol. The monoisotopic (exact) mass is 359 g/mol. The van der Waals surface area contributed by atoms with E-state index in [1.54, 1.807) is 25.3 Å². The number of nitrogens with one attached hydrogen (secondary N) is 1. The second-order valence-electron chi connectivity index (χ2n) is 4.76. The fraction of sp³-hybridized carbons (Fsp3) is 0.125. The number of halogens is 1. The first-order chi connectivity index (χ1) is 10.6. The number of carbonyl (C=O) groups excluding carboxylic acids is 1. The molecule has 0 aliphatic heterocycles. The molecular weight excluding hydrogens is 346 g/mol. The normalized spacial score (nSPS) is 10.7. The van der Waals surface area contributed by atoms with Crippen LogP contribution in [0.4, 0.5) is 5.69 Å². The number of ether oxygens (including phenoxy) is 1. The van der Waals surface area contributed by atoms with Crippen LogP contribution in [0.1, 0.15) is 16.1 Å². The van der Waals surface area contributed by atoms with Gasteiger partial charge in [-0.25, -0.2) is 4.98 Å². The number of imidazole rings is 1. The fourth-order valence-electron chi connectivity index (χ4n) is 2.27. The smallest absolute Gasteiger partial charge is 0.259 e. The lowest BCUT2D eigenvalue weighted by Crippen LogP contribution is -2.13. The largest absolute Gasteiger partial charge is 0.496 e. The van der Waals surface area contributed by atoms with Gasteiger partial charge >= 0.3 is 0 Å². The van der Waals surface area contributed by atoms with E-state index >= 15 is 0 Å². The van der Waals surface area contributed by atoms with Gasteiger partial charge in [-0.3, -0.25) is 9.20 Å². The quantitative estimate of drug-likeness (QED) is 0.776. The molecule has 0 aliphatic rings. The number of rotatable bonds is 3. The molecule has 0 radical (unpaired) electrons. The Morgan fingerprint density at radius 3 is 2.82 bits per heavy atom. The van der Waals surface area contributed by atoms with Gasteiger partial charge in [-0.2, -0.15) is 0 Å². The maximum absolute atomic E-state index is 12.5. The first-order valence-corrected chi connectivity index (χ1v) is 7.48. The topological polar surface area (TPSA) is 55.6 Å². The van der Waals surface area contributed by atoms with E-state index in [0.717, 1.165) is 10.3 Å². The standard InChI is InChI=1S/C16H14BrN3O2/c1-10-14(17)20-9-5-7-12(15(20)18-10)19-16(21)11-6-3-4-8-13(11)22-2/h3-9H,1-2H3,(H,19,21). The average Bonchev–Trinajstić information content (AvgIpc) is 2.83. The average molecular weight is 360 g/mol. The Hall–Kier alpha value is -2.34. The summed E-state index contributed by atoms with van der Waals surface area (Å²) in [7, 11) is 1.54. The minimum absolute atomic E-state index is 0.234. The zero-order valence-corrected chi connectivity index (χ0v) is 13.7. The van der Waals surface area contributed by atoms with Gasteiger partial charge in [0.25, 0.3) is 5.91 Å². The highest BCUT2D eigenvalue weighted by molar-refractivity contribution is 9.10. The van der Waals surface area contributed by atoms with Crippen molar-refractivity contribution in [3.05, 3.63) is 58.5 Å². The van der Waals surface area contributed by atoms with Gasteiger partial charge in [0, 0.05) is 6.20 Å². The second kappa shape index (κ2) is 5.81. The van der Waals surface area contributed by atoms with Gasteiger partial charge < -0.3 is 10.1 Å². The van der Waals surface area contributed by atoms with Crippen LogP contribution in [0.15, 0.2) is 47.2 Å². The SMILES string of the molecule is COc1ccccc1C(=O)Nc1cccn2c(Br)c(C)nc12. The highest BCUT2D eigenvalue weighted by Crippen LogP contribution is 2.25. The number of pyridine rings is 1. The highest BCUT2D eigenvalue weighted by Gasteiger charge is 2.15. The summed E-state index contributed by atoms with van der Waals surface area (Å²) in [6.45, 7) is 1.91. The molecule has 0 aliphatic carbocycles. The molecule has 6 heteroatoms. The molecule has 1 aromatic carbocycles. The Balaban J connectivity index is 2.00. The van der Waals surface area contributed by atoms with Crippen LogP contribution in [0.2, 0.25) is 0 Å². The molecule has 0 unspecified atom stereocenters. The van der Waals surface area contributed by atoms with Gasteiger partial charge in [0.05, 0.1) is 24.1 Å². The van der Waals surface area contributed by atoms with E-state index in [2.05, 4.69) is 26.2 Å². The van der Waals surface area contributed by atoms with Crippen LogP contribution in [0, 0.1) is 6.92 Å². The van der Waals surface area contributed by atoms with E-state index in [0.29, 0.717) is 22.6 Å². The molecule has 3 rings (SSSR count). The van der Waals surface area contributed by atoms with Crippen molar-refractivity contribution in [2.75, 3.05) is 12.4 Å². The van der Waals surface area contributed by atoms with Crippen molar-refractivity contribution in [3.63, 3.8) is 0 Å². The van der Waals surface area contributed by atoms with Gasteiger partial charge in [0.2, 0.25) is 0 Å². The number of amides is 1. The number of hydrogen-bond acceptors (Lipinski definition) is 3. The van der Waals surface area contributed by atoms with Crippen molar-refractivity contribution in [2.45, 2.75) is 6.92 Å². The van der Waals surface area contributed by atoms with E-state index in [1.807, 2.05) is 35.7 Å². The summed E-state index contributed by atoms with van der Waals surface area (Å²) in [5.41, 5.74) is 2.68. The van der Waals surface area contributed by atoms with Crippen molar-refractivity contribution < 1.29 is 9.53 Å². The molecule has 112 valence electrons. The van der Waals surface area contributed by atoms with Crippen molar-refractivity contribution in [2.24, 2.45) is 0 Å². The van der Waals surface area contributed by atoms with Crippen molar-refractivity contribution in [1.82, 2.24) is 9.38 Å². The number of aromatic nitrogens is 2. The van der Waals surface area contributed by atoms with Crippen molar-refractivity contribution >= 4 is 33.2 Å². The fourth-order valence-corrected chi connectivity index (χ4v) is 2.65. The molecule has 0 atom stereocenters. The zero-order chi connectivity index (χ0) is 15.7. The Kier molecular flexibility index (Phi) is 3.85. The number of para-hydroxylation sites is 1. The maximum atomic E-state index is 12.5. The summed E-state index contributed by atoms with van der Waals surface area (Å²) in [6.07, 6.45) is 1.89. The maximum Gasteiger partial charge on any atom is 0.259 e. The van der Waals surface area contributed by atoms with Gasteiger partial charge in [-0.15, -0.1) is 0 Å². The first-order valence-electron chi connectivity index (χ1n) is 6.69. The minimum atomic E-state index is -0.234. The molecule has 0 saturated heterocycles. The Morgan fingerprint density at radius 1 is 1.27 bits per heavy atom. The van der Waals surface area contributed by atoms with Gasteiger partial charge in [0.1, 0.15) is 10.4 Å². The van der Waals surface area contributed by atoms with Gasteiger partial charge in [-0.1, -0.05) is 12.1 Å². The number of anilines is 1. The molecule has 1 amide bonds. The van der Waals surface area contributed by atoms with Crippen LogP contribution in [-0.2, 0) is 0 Å². The van der Waals surface area contributed by atoms with Crippen LogP contribution in [0.3, 0.4) is 0 Å². The number of hydrogen-bond donors (Lipinski definition) is 1. The lowest BCUT2D eigenvalue weighted by Gasteiger charge is -2.09. The molecule has 0 fully saturated rings. The molecule has 5 nitrogen and oxygen atoms in total. The van der Waals surface area contributed by atoms with E-state index < -0.39 is 0 Å².